The molecule has 0 unspecified atom stereocenters. The molecule has 0 aliphatic heterocycles. The van der Waals surface area contributed by atoms with Crippen molar-refractivity contribution >= 4 is 44.7 Å². The Labute approximate surface area is 112 Å². The first-order chi connectivity index (χ1) is 8.13. The van der Waals surface area contributed by atoms with Gasteiger partial charge in [-0.15, -0.1) is 0 Å². The van der Waals surface area contributed by atoms with Crippen molar-refractivity contribution in [3.63, 3.8) is 0 Å². The third-order valence-corrected chi connectivity index (χ3v) is 3.85. The van der Waals surface area contributed by atoms with E-state index in [4.69, 9.17) is 5.73 Å². The van der Waals surface area contributed by atoms with Crippen molar-refractivity contribution in [2.45, 2.75) is 13.0 Å². The molecule has 6 heteroatoms. The number of anilines is 1. The Morgan fingerprint density at radius 2 is 2.29 bits per heavy atom. The lowest BCUT2D eigenvalue weighted by atomic mass is 10.3. The predicted molar refractivity (Wildman–Crippen MR) is 74.8 cm³/mol. The highest BCUT2D eigenvalue weighted by atomic mass is 79.9. The van der Waals surface area contributed by atoms with E-state index in [0.29, 0.717) is 15.9 Å². The fourth-order valence-electron chi connectivity index (χ4n) is 1.74. The molecule has 1 heterocycles. The van der Waals surface area contributed by atoms with Gasteiger partial charge in [-0.1, -0.05) is 0 Å². The van der Waals surface area contributed by atoms with E-state index in [0.717, 1.165) is 24.2 Å². The smallest absolute Gasteiger partial charge is 0.201 e. The molecule has 92 valence electrons. The van der Waals surface area contributed by atoms with Gasteiger partial charge in [0.2, 0.25) is 5.95 Å². The van der Waals surface area contributed by atoms with Gasteiger partial charge >= 0.3 is 0 Å². The van der Waals surface area contributed by atoms with Gasteiger partial charge in [-0.2, -0.15) is 11.8 Å². The van der Waals surface area contributed by atoms with Crippen molar-refractivity contribution in [1.82, 2.24) is 9.55 Å². The Morgan fingerprint density at radius 1 is 1.53 bits per heavy atom. The van der Waals surface area contributed by atoms with Crippen LogP contribution in [0.1, 0.15) is 6.42 Å². The highest BCUT2D eigenvalue weighted by molar-refractivity contribution is 9.10. The maximum atomic E-state index is 13.4. The lowest BCUT2D eigenvalue weighted by molar-refractivity contribution is 0.622. The van der Waals surface area contributed by atoms with Crippen molar-refractivity contribution in [3.05, 3.63) is 22.4 Å². The van der Waals surface area contributed by atoms with E-state index in [1.165, 1.54) is 6.07 Å². The molecule has 0 saturated heterocycles. The molecule has 17 heavy (non-hydrogen) atoms. The minimum atomic E-state index is -0.314. The number of aryl methyl sites for hydroxylation is 1. The predicted octanol–water partition coefficient (Wildman–Crippen LogP) is 3.27. The summed E-state index contributed by atoms with van der Waals surface area (Å²) in [6.07, 6.45) is 3.09. The van der Waals surface area contributed by atoms with Crippen LogP contribution in [-0.4, -0.2) is 21.6 Å². The zero-order valence-electron chi connectivity index (χ0n) is 9.41. The van der Waals surface area contributed by atoms with Crippen LogP contribution >= 0.6 is 27.7 Å². The third-order valence-electron chi connectivity index (χ3n) is 2.55. The summed E-state index contributed by atoms with van der Waals surface area (Å²) in [6.45, 7) is 0.807. The van der Waals surface area contributed by atoms with Gasteiger partial charge in [0.25, 0.3) is 0 Å². The summed E-state index contributed by atoms with van der Waals surface area (Å²) in [5.41, 5.74) is 7.32. The maximum Gasteiger partial charge on any atom is 0.201 e. The van der Waals surface area contributed by atoms with Crippen LogP contribution in [-0.2, 0) is 6.54 Å². The van der Waals surface area contributed by atoms with Crippen molar-refractivity contribution in [2.24, 2.45) is 0 Å². The van der Waals surface area contributed by atoms with Crippen molar-refractivity contribution in [3.8, 4) is 0 Å². The summed E-state index contributed by atoms with van der Waals surface area (Å²) >= 11 is 4.98. The number of nitrogens with two attached hydrogens (primary N) is 1. The van der Waals surface area contributed by atoms with E-state index in [1.807, 2.05) is 4.57 Å². The van der Waals surface area contributed by atoms with E-state index < -0.39 is 0 Å². The number of hydrogen-bond donors (Lipinski definition) is 1. The number of halogens is 2. The highest BCUT2D eigenvalue weighted by Crippen LogP contribution is 2.25. The van der Waals surface area contributed by atoms with Gasteiger partial charge in [0.1, 0.15) is 5.82 Å². The molecule has 1 aromatic heterocycles. The van der Waals surface area contributed by atoms with E-state index in [2.05, 4.69) is 27.2 Å². The van der Waals surface area contributed by atoms with Crippen LogP contribution in [0, 0.1) is 5.82 Å². The van der Waals surface area contributed by atoms with E-state index >= 15 is 0 Å². The first-order valence-corrected chi connectivity index (χ1v) is 7.42. The number of imidazole rings is 1. The Hall–Kier alpha value is -0.750. The molecule has 2 N–H and O–H groups in total. The number of nitrogen functional groups attached to an aromatic ring is 1. The molecule has 2 rings (SSSR count). The molecule has 0 amide bonds. The van der Waals surface area contributed by atoms with Crippen LogP contribution in [0.3, 0.4) is 0 Å². The van der Waals surface area contributed by atoms with E-state index in [9.17, 15) is 4.39 Å². The van der Waals surface area contributed by atoms with Crippen LogP contribution < -0.4 is 5.73 Å². The molecule has 0 aliphatic rings. The number of rotatable bonds is 4. The number of fused-ring (bicyclic) bond motifs is 1. The molecule has 0 saturated carbocycles. The molecule has 0 radical (unpaired) electrons. The largest absolute Gasteiger partial charge is 0.369 e. The third kappa shape index (κ3) is 2.57. The molecule has 1 aromatic carbocycles. The first kappa shape index (κ1) is 12.7. The SMILES string of the molecule is CSCCCn1c(N)nc2cc(F)c(Br)cc21. The molecular weight excluding hydrogens is 305 g/mol. The number of benzene rings is 1. The topological polar surface area (TPSA) is 43.8 Å². The molecule has 0 spiro atoms. The zero-order chi connectivity index (χ0) is 12.4. The average Bonchev–Trinajstić information content (AvgIpc) is 2.57. The van der Waals surface area contributed by atoms with Gasteiger partial charge in [-0.05, 0) is 40.4 Å². The summed E-state index contributed by atoms with van der Waals surface area (Å²) < 4.78 is 15.7. The van der Waals surface area contributed by atoms with Gasteiger partial charge in [0.05, 0.1) is 15.5 Å². The van der Waals surface area contributed by atoms with Crippen LogP contribution in [0.15, 0.2) is 16.6 Å². The molecule has 0 bridgehead atoms. The van der Waals surface area contributed by atoms with Crippen LogP contribution in [0.2, 0.25) is 0 Å². The Kier molecular flexibility index (Phi) is 3.93. The lowest BCUT2D eigenvalue weighted by Crippen LogP contribution is -2.04. The number of aromatic nitrogens is 2. The number of hydrogen-bond acceptors (Lipinski definition) is 3. The fourth-order valence-corrected chi connectivity index (χ4v) is 2.49. The molecule has 0 atom stereocenters. The Morgan fingerprint density at radius 3 is 3.00 bits per heavy atom. The van der Waals surface area contributed by atoms with Crippen LogP contribution in [0.5, 0.6) is 0 Å². The summed E-state index contributed by atoms with van der Waals surface area (Å²) in [5, 5.41) is 0. The molecule has 0 aliphatic carbocycles. The van der Waals surface area contributed by atoms with Crippen LogP contribution in [0.4, 0.5) is 10.3 Å². The minimum absolute atomic E-state index is 0.314. The maximum absolute atomic E-state index is 13.4. The summed E-state index contributed by atoms with van der Waals surface area (Å²) in [4.78, 5) is 4.17. The standard InChI is InChI=1S/C11H13BrFN3S/c1-17-4-2-3-16-10-5-7(12)8(13)6-9(10)15-11(16)14/h5-6H,2-4H2,1H3,(H2,14,15). The molecule has 2 aromatic rings. The number of nitrogens with zero attached hydrogens (tertiary/aromatic N) is 2. The van der Waals surface area contributed by atoms with Gasteiger partial charge in [-0.25, -0.2) is 9.37 Å². The van der Waals surface area contributed by atoms with Gasteiger partial charge in [0.15, 0.2) is 0 Å². The Balaban J connectivity index is 2.40. The van der Waals surface area contributed by atoms with Gasteiger partial charge in [-0.3, -0.25) is 0 Å². The van der Waals surface area contributed by atoms with Crippen molar-refractivity contribution in [1.29, 1.82) is 0 Å². The molecule has 3 nitrogen and oxygen atoms in total. The summed E-state index contributed by atoms with van der Waals surface area (Å²) in [6, 6.07) is 3.13. The second-order valence-corrected chi connectivity index (χ2v) is 5.56. The quantitative estimate of drug-likeness (QED) is 0.880. The fraction of sp³-hybridized carbons (Fsp3) is 0.364. The normalized spacial score (nSPS) is 11.2. The molecular formula is C11H13BrFN3S. The lowest BCUT2D eigenvalue weighted by Gasteiger charge is -2.05. The molecule has 0 fully saturated rings. The first-order valence-electron chi connectivity index (χ1n) is 5.23. The van der Waals surface area contributed by atoms with Crippen LogP contribution in [0.25, 0.3) is 11.0 Å². The zero-order valence-corrected chi connectivity index (χ0v) is 11.8. The second kappa shape index (κ2) is 5.27. The van der Waals surface area contributed by atoms with E-state index in [-0.39, 0.29) is 5.82 Å². The minimum Gasteiger partial charge on any atom is -0.369 e. The number of thioether (sulfide) groups is 1. The highest BCUT2D eigenvalue weighted by Gasteiger charge is 2.11. The van der Waals surface area contributed by atoms with Crippen molar-refractivity contribution in [2.75, 3.05) is 17.7 Å². The van der Waals surface area contributed by atoms with E-state index in [1.54, 1.807) is 17.8 Å². The average molecular weight is 318 g/mol. The van der Waals surface area contributed by atoms with Gasteiger partial charge in [0, 0.05) is 12.6 Å². The second-order valence-electron chi connectivity index (χ2n) is 3.72. The summed E-state index contributed by atoms with van der Waals surface area (Å²) in [5.74, 6) is 1.20. The summed E-state index contributed by atoms with van der Waals surface area (Å²) in [7, 11) is 0. The van der Waals surface area contributed by atoms with Gasteiger partial charge < -0.3 is 10.3 Å². The monoisotopic (exact) mass is 317 g/mol. The van der Waals surface area contributed by atoms with Crippen molar-refractivity contribution < 1.29 is 4.39 Å². The Bertz CT molecular complexity index is 541.